The smallest absolute Gasteiger partial charge is 0.139 e. The van der Waals surface area contributed by atoms with E-state index in [1.807, 2.05) is 0 Å². The van der Waals surface area contributed by atoms with Crippen molar-refractivity contribution in [3.05, 3.63) is 57.0 Å². The SMILES string of the molecule is COc1cc(Nc2c(C#N)cnc3cc(-c4ccc(CN(C)C)s4)sc23)c(Cl)cc1Cl. The topological polar surface area (TPSA) is 61.2 Å². The maximum Gasteiger partial charge on any atom is 0.139 e. The molecule has 9 heteroatoms. The summed E-state index contributed by atoms with van der Waals surface area (Å²) in [5, 5.41) is 13.8. The van der Waals surface area contributed by atoms with Crippen LogP contribution < -0.4 is 10.1 Å². The summed E-state index contributed by atoms with van der Waals surface area (Å²) in [6, 6.07) is 11.9. The number of nitrogens with zero attached hydrogens (tertiary/aromatic N) is 3. The van der Waals surface area contributed by atoms with E-state index in [4.69, 9.17) is 27.9 Å². The number of pyridine rings is 1. The second kappa shape index (κ2) is 9.03. The molecule has 0 saturated heterocycles. The zero-order valence-corrected chi connectivity index (χ0v) is 20.1. The summed E-state index contributed by atoms with van der Waals surface area (Å²) >= 11 is 15.9. The zero-order valence-electron chi connectivity index (χ0n) is 17.0. The Balaban J connectivity index is 1.78. The minimum absolute atomic E-state index is 0.420. The molecule has 0 aliphatic carbocycles. The Morgan fingerprint density at radius 2 is 1.94 bits per heavy atom. The summed E-state index contributed by atoms with van der Waals surface area (Å²) in [7, 11) is 5.66. The molecule has 0 fully saturated rings. The highest BCUT2D eigenvalue weighted by Gasteiger charge is 2.17. The summed E-state index contributed by atoms with van der Waals surface area (Å²) in [6.07, 6.45) is 1.58. The van der Waals surface area contributed by atoms with Crippen LogP contribution in [0.25, 0.3) is 20.0 Å². The fraction of sp³-hybridized carbons (Fsp3) is 0.182. The molecule has 4 aromatic rings. The number of anilines is 2. The Kier molecular flexibility index (Phi) is 6.37. The van der Waals surface area contributed by atoms with Crippen molar-refractivity contribution in [3.63, 3.8) is 0 Å². The van der Waals surface area contributed by atoms with Gasteiger partial charge in [-0.15, -0.1) is 22.7 Å². The van der Waals surface area contributed by atoms with Crippen LogP contribution in [-0.2, 0) is 6.54 Å². The highest BCUT2D eigenvalue weighted by molar-refractivity contribution is 7.26. The maximum atomic E-state index is 9.67. The molecule has 0 amide bonds. The molecule has 0 aliphatic rings. The van der Waals surface area contributed by atoms with Gasteiger partial charge in [0.15, 0.2) is 0 Å². The van der Waals surface area contributed by atoms with Crippen molar-refractivity contribution in [2.75, 3.05) is 26.5 Å². The van der Waals surface area contributed by atoms with Gasteiger partial charge in [0.1, 0.15) is 11.8 Å². The Morgan fingerprint density at radius 1 is 1.13 bits per heavy atom. The molecule has 158 valence electrons. The molecule has 4 rings (SSSR count). The van der Waals surface area contributed by atoms with Crippen LogP contribution in [-0.4, -0.2) is 31.1 Å². The number of ether oxygens (including phenoxy) is 1. The molecule has 3 heterocycles. The van der Waals surface area contributed by atoms with Crippen molar-refractivity contribution in [2.45, 2.75) is 6.54 Å². The van der Waals surface area contributed by atoms with Crippen LogP contribution in [0.2, 0.25) is 10.0 Å². The maximum absolute atomic E-state index is 9.67. The summed E-state index contributed by atoms with van der Waals surface area (Å²) in [4.78, 5) is 10.2. The van der Waals surface area contributed by atoms with Crippen LogP contribution in [0.4, 0.5) is 11.4 Å². The number of halogens is 2. The number of methoxy groups -OCH3 is 1. The van der Waals surface area contributed by atoms with Gasteiger partial charge in [-0.25, -0.2) is 0 Å². The number of benzene rings is 1. The number of thiophene rings is 2. The van der Waals surface area contributed by atoms with Gasteiger partial charge >= 0.3 is 0 Å². The van der Waals surface area contributed by atoms with Crippen molar-refractivity contribution in [1.82, 2.24) is 9.88 Å². The highest BCUT2D eigenvalue weighted by atomic mass is 35.5. The molecule has 5 nitrogen and oxygen atoms in total. The number of hydrogen-bond acceptors (Lipinski definition) is 7. The van der Waals surface area contributed by atoms with Crippen LogP contribution >= 0.6 is 45.9 Å². The predicted molar refractivity (Wildman–Crippen MR) is 131 cm³/mol. The van der Waals surface area contributed by atoms with Crippen LogP contribution in [0.5, 0.6) is 5.75 Å². The number of aromatic nitrogens is 1. The van der Waals surface area contributed by atoms with E-state index < -0.39 is 0 Å². The number of fused-ring (bicyclic) bond motifs is 1. The Hall–Kier alpha value is -2.34. The molecule has 1 aromatic carbocycles. The number of nitriles is 1. The first-order valence-corrected chi connectivity index (χ1v) is 11.6. The Labute approximate surface area is 198 Å². The minimum atomic E-state index is 0.420. The van der Waals surface area contributed by atoms with E-state index in [2.05, 4.69) is 53.6 Å². The van der Waals surface area contributed by atoms with Crippen molar-refractivity contribution >= 4 is 67.5 Å². The normalized spacial score (nSPS) is 11.1. The van der Waals surface area contributed by atoms with Crippen LogP contribution in [0.15, 0.2) is 36.5 Å². The first-order chi connectivity index (χ1) is 14.9. The van der Waals surface area contributed by atoms with Crippen molar-refractivity contribution < 1.29 is 4.74 Å². The van der Waals surface area contributed by atoms with Gasteiger partial charge in [0, 0.05) is 33.4 Å². The van der Waals surface area contributed by atoms with Crippen LogP contribution in [0, 0.1) is 11.3 Å². The van der Waals surface area contributed by atoms with Crippen molar-refractivity contribution in [2.24, 2.45) is 0 Å². The molecule has 0 unspecified atom stereocenters. The molecule has 1 N–H and O–H groups in total. The van der Waals surface area contributed by atoms with Crippen LogP contribution in [0.1, 0.15) is 10.4 Å². The molecule has 0 radical (unpaired) electrons. The predicted octanol–water partition coefficient (Wildman–Crippen LogP) is 7.02. The Bertz CT molecular complexity index is 1310. The van der Waals surface area contributed by atoms with E-state index >= 15 is 0 Å². The molecule has 0 spiro atoms. The second-order valence-electron chi connectivity index (χ2n) is 7.08. The lowest BCUT2D eigenvalue weighted by Gasteiger charge is -2.13. The van der Waals surface area contributed by atoms with Crippen LogP contribution in [0.3, 0.4) is 0 Å². The summed E-state index contributed by atoms with van der Waals surface area (Å²) < 4.78 is 6.20. The Morgan fingerprint density at radius 3 is 2.65 bits per heavy atom. The van der Waals surface area contributed by atoms with Crippen molar-refractivity contribution in [3.8, 4) is 21.6 Å². The number of hydrogen-bond donors (Lipinski definition) is 1. The molecule has 0 bridgehead atoms. The van der Waals surface area contributed by atoms with E-state index in [1.165, 1.54) is 9.75 Å². The highest BCUT2D eigenvalue weighted by Crippen LogP contribution is 2.43. The average molecular weight is 489 g/mol. The van der Waals surface area contributed by atoms with Gasteiger partial charge in [-0.05, 0) is 38.4 Å². The van der Waals surface area contributed by atoms with Gasteiger partial charge in [0.2, 0.25) is 0 Å². The molecular weight excluding hydrogens is 471 g/mol. The lowest BCUT2D eigenvalue weighted by atomic mass is 10.2. The lowest BCUT2D eigenvalue weighted by Crippen LogP contribution is -2.09. The van der Waals surface area contributed by atoms with E-state index in [-0.39, 0.29) is 0 Å². The number of nitrogens with one attached hydrogen (secondary N) is 1. The third-order valence-electron chi connectivity index (χ3n) is 4.54. The first kappa shape index (κ1) is 21.9. The molecule has 3 aromatic heterocycles. The van der Waals surface area contributed by atoms with E-state index in [0.717, 1.165) is 21.6 Å². The molecule has 0 saturated carbocycles. The van der Waals surface area contributed by atoms with Crippen molar-refractivity contribution in [1.29, 1.82) is 5.26 Å². The summed E-state index contributed by atoms with van der Waals surface area (Å²) in [6.45, 7) is 0.899. The van der Waals surface area contributed by atoms with Gasteiger partial charge in [0.25, 0.3) is 0 Å². The van der Waals surface area contributed by atoms with E-state index in [9.17, 15) is 5.26 Å². The summed E-state index contributed by atoms with van der Waals surface area (Å²) in [5.74, 6) is 0.497. The minimum Gasteiger partial charge on any atom is -0.495 e. The average Bonchev–Trinajstić information content (AvgIpc) is 3.36. The molecule has 0 atom stereocenters. The lowest BCUT2D eigenvalue weighted by molar-refractivity contribution is 0.406. The largest absolute Gasteiger partial charge is 0.495 e. The quantitative estimate of drug-likeness (QED) is 0.316. The van der Waals surface area contributed by atoms with E-state index in [1.54, 1.807) is 48.1 Å². The third kappa shape index (κ3) is 4.49. The third-order valence-corrected chi connectivity index (χ3v) is 7.56. The monoisotopic (exact) mass is 488 g/mol. The molecular formula is C22H18Cl2N4OS2. The van der Waals surface area contributed by atoms with Gasteiger partial charge in [0.05, 0.1) is 44.3 Å². The standard InChI is InChI=1S/C22H18Cl2N4OS2/c1-28(2)11-13-4-5-19(30-13)20-8-17-22(31-20)21(12(9-25)10-26-17)27-16-7-18(29-3)15(24)6-14(16)23/h4-8,10H,11H2,1-3H3,(H,26,27). The summed E-state index contributed by atoms with van der Waals surface area (Å²) in [5.41, 5.74) is 2.53. The fourth-order valence-corrected chi connectivity index (χ4v) is 5.96. The first-order valence-electron chi connectivity index (χ1n) is 9.26. The molecule has 0 aliphatic heterocycles. The fourth-order valence-electron chi connectivity index (χ4n) is 3.13. The number of rotatable bonds is 6. The van der Waals surface area contributed by atoms with Gasteiger partial charge in [-0.2, -0.15) is 5.26 Å². The molecule has 31 heavy (non-hydrogen) atoms. The van der Waals surface area contributed by atoms with Gasteiger partial charge in [-0.3, -0.25) is 4.98 Å². The van der Waals surface area contributed by atoms with Gasteiger partial charge in [-0.1, -0.05) is 23.2 Å². The van der Waals surface area contributed by atoms with Gasteiger partial charge < -0.3 is 15.0 Å². The van der Waals surface area contributed by atoms with E-state index in [0.29, 0.717) is 32.7 Å². The zero-order chi connectivity index (χ0) is 22.1. The second-order valence-corrected chi connectivity index (χ2v) is 10.1.